The van der Waals surface area contributed by atoms with Crippen molar-refractivity contribution in [2.45, 2.75) is 19.1 Å². The first kappa shape index (κ1) is 15.7. The number of carbonyl (C=O) groups is 1. The summed E-state index contributed by atoms with van der Waals surface area (Å²) < 4.78 is 10.8. The van der Waals surface area contributed by atoms with Crippen LogP contribution in [-0.2, 0) is 22.6 Å². The monoisotopic (exact) mass is 336 g/mol. The molecule has 0 radical (unpaired) electrons. The molecule has 0 bridgehead atoms. The van der Waals surface area contributed by atoms with Gasteiger partial charge in [0, 0.05) is 23.1 Å². The van der Waals surface area contributed by atoms with Crippen LogP contribution < -0.4 is 10.1 Å². The van der Waals surface area contributed by atoms with Crippen molar-refractivity contribution in [3.05, 3.63) is 65.4 Å². The normalized spacial score (nSPS) is 16.4. The fraction of sp³-hybridized carbons (Fsp3) is 0.250. The maximum Gasteiger partial charge on any atom is 0.329 e. The third-order valence-electron chi connectivity index (χ3n) is 4.61. The Morgan fingerprint density at radius 1 is 1.20 bits per heavy atom. The SMILES string of the molecule is COC(=O)C1NCCc2c1[nH]c1ccc(OCc3ccccc3)cc21. The van der Waals surface area contributed by atoms with Crippen molar-refractivity contribution < 1.29 is 14.3 Å². The third kappa shape index (κ3) is 2.98. The average Bonchev–Trinajstić information content (AvgIpc) is 3.04. The van der Waals surface area contributed by atoms with Gasteiger partial charge in [0.2, 0.25) is 0 Å². The van der Waals surface area contributed by atoms with E-state index in [9.17, 15) is 4.79 Å². The van der Waals surface area contributed by atoms with E-state index in [0.29, 0.717) is 6.61 Å². The molecule has 25 heavy (non-hydrogen) atoms. The molecule has 1 atom stereocenters. The second-order valence-corrected chi connectivity index (χ2v) is 6.16. The molecule has 2 aromatic carbocycles. The Balaban J connectivity index is 1.63. The highest BCUT2D eigenvalue weighted by molar-refractivity contribution is 5.89. The minimum absolute atomic E-state index is 0.270. The topological polar surface area (TPSA) is 63.3 Å². The maximum atomic E-state index is 12.0. The number of methoxy groups -OCH3 is 1. The van der Waals surface area contributed by atoms with E-state index in [1.807, 2.05) is 48.5 Å². The van der Waals surface area contributed by atoms with Crippen molar-refractivity contribution in [2.24, 2.45) is 0 Å². The smallest absolute Gasteiger partial charge is 0.329 e. The lowest BCUT2D eigenvalue weighted by Gasteiger charge is -2.22. The standard InChI is InChI=1S/C20H20N2O3/c1-24-20(23)19-18-15(9-10-21-19)16-11-14(7-8-17(16)22-18)25-12-13-5-3-2-4-6-13/h2-8,11,19,21-22H,9-10,12H2,1H3. The fourth-order valence-corrected chi connectivity index (χ4v) is 3.36. The number of esters is 1. The van der Waals surface area contributed by atoms with E-state index in [1.165, 1.54) is 7.11 Å². The Hall–Kier alpha value is -2.79. The minimum Gasteiger partial charge on any atom is -0.489 e. The molecule has 128 valence electrons. The maximum absolute atomic E-state index is 12.0. The molecule has 1 aromatic heterocycles. The van der Waals surface area contributed by atoms with Crippen LogP contribution in [0.25, 0.3) is 10.9 Å². The first-order valence-corrected chi connectivity index (χ1v) is 8.38. The quantitative estimate of drug-likeness (QED) is 0.719. The van der Waals surface area contributed by atoms with Crippen LogP contribution in [0.3, 0.4) is 0 Å². The van der Waals surface area contributed by atoms with Gasteiger partial charge in [0.25, 0.3) is 0 Å². The summed E-state index contributed by atoms with van der Waals surface area (Å²) in [6, 6.07) is 15.7. The zero-order valence-corrected chi connectivity index (χ0v) is 14.0. The molecule has 1 aliphatic heterocycles. The number of carbonyl (C=O) groups excluding carboxylic acids is 1. The van der Waals surface area contributed by atoms with Gasteiger partial charge >= 0.3 is 5.97 Å². The van der Waals surface area contributed by atoms with Crippen LogP contribution in [0, 0.1) is 0 Å². The molecule has 0 saturated heterocycles. The molecule has 0 spiro atoms. The predicted octanol–water partition coefficient (Wildman–Crippen LogP) is 3.11. The minimum atomic E-state index is -0.435. The van der Waals surface area contributed by atoms with Crippen molar-refractivity contribution in [1.82, 2.24) is 10.3 Å². The van der Waals surface area contributed by atoms with Crippen LogP contribution in [0.15, 0.2) is 48.5 Å². The van der Waals surface area contributed by atoms with Gasteiger partial charge in [-0.2, -0.15) is 0 Å². The molecule has 0 saturated carbocycles. The van der Waals surface area contributed by atoms with Gasteiger partial charge in [0.15, 0.2) is 0 Å². The Morgan fingerprint density at radius 3 is 2.84 bits per heavy atom. The summed E-state index contributed by atoms with van der Waals surface area (Å²) in [4.78, 5) is 15.4. The second-order valence-electron chi connectivity index (χ2n) is 6.16. The summed E-state index contributed by atoms with van der Waals surface area (Å²) in [7, 11) is 1.41. The van der Waals surface area contributed by atoms with Gasteiger partial charge in [-0.3, -0.25) is 5.32 Å². The fourth-order valence-electron chi connectivity index (χ4n) is 3.36. The zero-order chi connectivity index (χ0) is 17.2. The van der Waals surface area contributed by atoms with Crippen molar-refractivity contribution in [3.8, 4) is 5.75 Å². The first-order valence-electron chi connectivity index (χ1n) is 8.38. The molecule has 5 heteroatoms. The highest BCUT2D eigenvalue weighted by Gasteiger charge is 2.30. The number of ether oxygens (including phenoxy) is 2. The molecular formula is C20H20N2O3. The number of aromatic nitrogens is 1. The summed E-state index contributed by atoms with van der Waals surface area (Å²) in [5.74, 6) is 0.555. The molecule has 5 nitrogen and oxygen atoms in total. The van der Waals surface area contributed by atoms with Crippen molar-refractivity contribution in [3.63, 3.8) is 0 Å². The molecule has 4 rings (SSSR count). The average molecular weight is 336 g/mol. The largest absolute Gasteiger partial charge is 0.489 e. The summed E-state index contributed by atoms with van der Waals surface area (Å²) in [5, 5.41) is 4.32. The van der Waals surface area contributed by atoms with Crippen LogP contribution in [-0.4, -0.2) is 24.6 Å². The molecule has 0 fully saturated rings. The lowest BCUT2D eigenvalue weighted by atomic mass is 9.99. The van der Waals surface area contributed by atoms with Crippen LogP contribution in [0.2, 0.25) is 0 Å². The molecule has 1 unspecified atom stereocenters. The van der Waals surface area contributed by atoms with E-state index in [-0.39, 0.29) is 5.97 Å². The van der Waals surface area contributed by atoms with Crippen molar-refractivity contribution in [1.29, 1.82) is 0 Å². The number of hydrogen-bond donors (Lipinski definition) is 2. The predicted molar refractivity (Wildman–Crippen MR) is 95.5 cm³/mol. The number of aromatic amines is 1. The molecule has 0 amide bonds. The first-order chi connectivity index (χ1) is 12.3. The van der Waals surface area contributed by atoms with Gasteiger partial charge in [0.1, 0.15) is 18.4 Å². The van der Waals surface area contributed by atoms with Crippen LogP contribution in [0.4, 0.5) is 0 Å². The van der Waals surface area contributed by atoms with Crippen LogP contribution in [0.1, 0.15) is 22.9 Å². The Kier molecular flexibility index (Phi) is 4.15. The molecule has 3 aromatic rings. The number of rotatable bonds is 4. The molecule has 1 aliphatic rings. The highest BCUT2D eigenvalue weighted by atomic mass is 16.5. The summed E-state index contributed by atoms with van der Waals surface area (Å²) >= 11 is 0. The molecule has 2 heterocycles. The zero-order valence-electron chi connectivity index (χ0n) is 14.0. The summed E-state index contributed by atoms with van der Waals surface area (Å²) in [6.07, 6.45) is 0.866. The van der Waals surface area contributed by atoms with Gasteiger partial charge in [0.05, 0.1) is 7.11 Å². The third-order valence-corrected chi connectivity index (χ3v) is 4.61. The van der Waals surface area contributed by atoms with Gasteiger partial charge in [-0.25, -0.2) is 4.79 Å². The Morgan fingerprint density at radius 2 is 2.04 bits per heavy atom. The number of nitrogens with one attached hydrogen (secondary N) is 2. The van der Waals surface area contributed by atoms with Crippen molar-refractivity contribution in [2.75, 3.05) is 13.7 Å². The highest BCUT2D eigenvalue weighted by Crippen LogP contribution is 2.32. The lowest BCUT2D eigenvalue weighted by molar-refractivity contribution is -0.143. The lowest BCUT2D eigenvalue weighted by Crippen LogP contribution is -2.35. The van der Waals surface area contributed by atoms with E-state index >= 15 is 0 Å². The van der Waals surface area contributed by atoms with E-state index < -0.39 is 6.04 Å². The molecule has 0 aliphatic carbocycles. The van der Waals surface area contributed by atoms with Crippen LogP contribution >= 0.6 is 0 Å². The van der Waals surface area contributed by atoms with E-state index in [4.69, 9.17) is 9.47 Å². The van der Waals surface area contributed by atoms with E-state index in [0.717, 1.165) is 46.4 Å². The number of H-pyrrole nitrogens is 1. The van der Waals surface area contributed by atoms with Crippen LogP contribution in [0.5, 0.6) is 5.75 Å². The Bertz CT molecular complexity index is 902. The van der Waals surface area contributed by atoms with Gasteiger partial charge in [-0.05, 0) is 35.7 Å². The Labute approximate surface area is 146 Å². The number of hydrogen-bond acceptors (Lipinski definition) is 4. The molecule has 2 N–H and O–H groups in total. The van der Waals surface area contributed by atoms with Crippen molar-refractivity contribution >= 4 is 16.9 Å². The van der Waals surface area contributed by atoms with Gasteiger partial charge in [-0.15, -0.1) is 0 Å². The molecular weight excluding hydrogens is 316 g/mol. The summed E-state index contributed by atoms with van der Waals surface area (Å²) in [5.41, 5.74) is 4.20. The van der Waals surface area contributed by atoms with Gasteiger partial charge in [-0.1, -0.05) is 30.3 Å². The van der Waals surface area contributed by atoms with E-state index in [2.05, 4.69) is 10.3 Å². The van der Waals surface area contributed by atoms with E-state index in [1.54, 1.807) is 0 Å². The number of fused-ring (bicyclic) bond motifs is 3. The second kappa shape index (κ2) is 6.61. The van der Waals surface area contributed by atoms with Gasteiger partial charge < -0.3 is 14.5 Å². The summed E-state index contributed by atoms with van der Waals surface area (Å²) in [6.45, 7) is 1.28. The number of benzene rings is 2.